The lowest BCUT2D eigenvalue weighted by molar-refractivity contribution is -0.0333. The van der Waals surface area contributed by atoms with E-state index in [1.165, 1.54) is 28.0 Å². The molecular weight excluding hydrogens is 638 g/mol. The normalized spacial score (nSPS) is 23.4. The summed E-state index contributed by atoms with van der Waals surface area (Å²) in [6, 6.07) is 1.60. The van der Waals surface area contributed by atoms with Crippen LogP contribution in [0.15, 0.2) is 29.7 Å². The molecule has 1 fully saturated rings. The van der Waals surface area contributed by atoms with Gasteiger partial charge in [0.05, 0.1) is 37.7 Å². The van der Waals surface area contributed by atoms with E-state index in [4.69, 9.17) is 34.0 Å². The van der Waals surface area contributed by atoms with Crippen molar-refractivity contribution >= 4 is 77.1 Å². The third-order valence-corrected chi connectivity index (χ3v) is 8.63. The molecule has 1 saturated heterocycles. The zero-order valence-corrected chi connectivity index (χ0v) is 25.6. The molecule has 5 heterocycles. The molecule has 228 valence electrons. The fourth-order valence-electron chi connectivity index (χ4n) is 4.57. The molecule has 4 aromatic rings. The highest BCUT2D eigenvalue weighted by atomic mass is 32.2. The van der Waals surface area contributed by atoms with Gasteiger partial charge in [0.2, 0.25) is 5.95 Å². The Morgan fingerprint density at radius 3 is 2.79 bits per heavy atom. The first-order chi connectivity index (χ1) is 20.3. The lowest BCUT2D eigenvalue weighted by Gasteiger charge is -2.26. The zero-order chi connectivity index (χ0) is 30.0. The number of thiol groups is 1. The second-order valence-electron chi connectivity index (χ2n) is 9.06. The van der Waals surface area contributed by atoms with E-state index in [2.05, 4.69) is 47.3 Å². The minimum atomic E-state index is -1.82. The zero-order valence-electron chi connectivity index (χ0n) is 21.7. The minimum Gasteiger partial charge on any atom is -0.397 e. The van der Waals surface area contributed by atoms with E-state index in [1.807, 2.05) is 0 Å². The quantitative estimate of drug-likeness (QED) is 0.0535. The van der Waals surface area contributed by atoms with Crippen LogP contribution in [0.1, 0.15) is 12.5 Å². The molecule has 0 aliphatic carbocycles. The molecule has 0 aromatic carbocycles. The van der Waals surface area contributed by atoms with Crippen molar-refractivity contribution in [3.63, 3.8) is 0 Å². The number of nitrogens with two attached hydrogens (primary N) is 2. The number of aromatic nitrogens is 7. The third kappa shape index (κ3) is 6.07. The standard InChI is InChI=1S/C21H27F2N9O6P2S2/c1-42-20(12(23)19(38-41)32-7-28-14-16(32)29-21(25)30-17(14)33)37-40-35-4-8-10(5-34-39)36-18(11(8)22)31-6-27-13-9(24)2-3-26-15(13)31/h2-3,6-8,10-12,18-20,40-41H,4-5,39H2,1H3,(H2,24,26)(H3,25,29,30,33)/t8-,10-,11+,12-,18-,19-,20?/m1/s1. The van der Waals surface area contributed by atoms with E-state index in [0.717, 1.165) is 11.8 Å². The molecule has 0 radical (unpaired) electrons. The number of alkyl halides is 2. The SMILES string of the molecule is CSC(OPOC[C@H]1[C@H](F)[C@H](n2cnc3c(N)ccnc32)O[C@@H]1COP)[C@H](F)[C@@H](OS)n1cnc2c(=O)[nH]c(N)nc21. The van der Waals surface area contributed by atoms with Crippen LogP contribution in [0.5, 0.6) is 0 Å². The molecule has 0 bridgehead atoms. The van der Waals surface area contributed by atoms with Gasteiger partial charge in [-0.15, -0.1) is 11.8 Å². The topological polar surface area (TPSA) is 192 Å². The highest BCUT2D eigenvalue weighted by Crippen LogP contribution is 2.40. The van der Waals surface area contributed by atoms with E-state index >= 15 is 8.78 Å². The van der Waals surface area contributed by atoms with Crippen LogP contribution in [0.25, 0.3) is 22.3 Å². The number of rotatable bonds is 13. The first-order valence-corrected chi connectivity index (χ1v) is 15.1. The van der Waals surface area contributed by atoms with Gasteiger partial charge in [0.25, 0.3) is 5.56 Å². The second kappa shape index (κ2) is 13.6. The Labute approximate surface area is 250 Å². The monoisotopic (exact) mass is 665 g/mol. The van der Waals surface area contributed by atoms with Crippen molar-refractivity contribution in [2.75, 3.05) is 30.9 Å². The van der Waals surface area contributed by atoms with Crippen molar-refractivity contribution in [2.24, 2.45) is 5.92 Å². The summed E-state index contributed by atoms with van der Waals surface area (Å²) >= 11 is 4.85. The molecular formula is C21H27F2N9O6P2S2. The van der Waals surface area contributed by atoms with Gasteiger partial charge in [-0.3, -0.25) is 23.1 Å². The summed E-state index contributed by atoms with van der Waals surface area (Å²) < 4.78 is 61.6. The number of pyridine rings is 1. The van der Waals surface area contributed by atoms with Gasteiger partial charge in [-0.25, -0.2) is 23.7 Å². The minimum absolute atomic E-state index is 0.00665. The van der Waals surface area contributed by atoms with Crippen LogP contribution in [-0.4, -0.2) is 77.4 Å². The van der Waals surface area contributed by atoms with E-state index < -0.39 is 56.9 Å². The summed E-state index contributed by atoms with van der Waals surface area (Å²) in [4.78, 5) is 30.9. The van der Waals surface area contributed by atoms with Crippen LogP contribution < -0.4 is 17.0 Å². The number of ether oxygens (including phenoxy) is 1. The van der Waals surface area contributed by atoms with Gasteiger partial charge in [-0.1, -0.05) is 0 Å². The molecule has 5 rings (SSSR count). The van der Waals surface area contributed by atoms with Crippen molar-refractivity contribution in [3.8, 4) is 0 Å². The maximum atomic E-state index is 15.7. The number of nitrogens with one attached hydrogen (secondary N) is 1. The molecule has 42 heavy (non-hydrogen) atoms. The Balaban J connectivity index is 1.23. The number of hydrogen-bond acceptors (Lipinski definition) is 14. The molecule has 0 spiro atoms. The van der Waals surface area contributed by atoms with E-state index in [-0.39, 0.29) is 30.3 Å². The maximum Gasteiger partial charge on any atom is 0.280 e. The van der Waals surface area contributed by atoms with Gasteiger partial charge in [-0.2, -0.15) is 4.98 Å². The maximum absolute atomic E-state index is 15.7. The summed E-state index contributed by atoms with van der Waals surface area (Å²) in [6.45, 7) is -0.0390. The summed E-state index contributed by atoms with van der Waals surface area (Å²) in [5, 5.41) is 0. The summed E-state index contributed by atoms with van der Waals surface area (Å²) in [5.74, 6) is -0.925. The summed E-state index contributed by atoms with van der Waals surface area (Å²) in [7, 11) is 1.44. The van der Waals surface area contributed by atoms with Crippen molar-refractivity contribution in [1.82, 2.24) is 34.1 Å². The molecule has 0 saturated carbocycles. The average Bonchev–Trinajstić information content (AvgIpc) is 3.66. The lowest BCUT2D eigenvalue weighted by Crippen LogP contribution is -2.31. The number of H-pyrrole nitrogens is 1. The highest BCUT2D eigenvalue weighted by Gasteiger charge is 2.47. The van der Waals surface area contributed by atoms with Crippen LogP contribution in [0.2, 0.25) is 0 Å². The number of nitrogens with zero attached hydrogens (tertiary/aromatic N) is 6. The predicted octanol–water partition coefficient (Wildman–Crippen LogP) is 2.32. The van der Waals surface area contributed by atoms with Crippen molar-refractivity contribution < 1.29 is 31.3 Å². The van der Waals surface area contributed by atoms with Gasteiger partial charge >= 0.3 is 0 Å². The van der Waals surface area contributed by atoms with Gasteiger partial charge in [0, 0.05) is 21.6 Å². The first-order valence-electron chi connectivity index (χ1n) is 12.2. The fourth-order valence-corrected chi connectivity index (χ4v) is 6.43. The smallest absolute Gasteiger partial charge is 0.280 e. The molecule has 21 heteroatoms. The average molecular weight is 666 g/mol. The van der Waals surface area contributed by atoms with Gasteiger partial charge in [-0.05, 0) is 25.2 Å². The molecule has 9 atom stereocenters. The first kappa shape index (κ1) is 31.2. The molecule has 5 N–H and O–H groups in total. The van der Waals surface area contributed by atoms with E-state index in [9.17, 15) is 4.79 Å². The predicted molar refractivity (Wildman–Crippen MR) is 159 cm³/mol. The number of imidazole rings is 2. The Hall–Kier alpha value is -2.21. The van der Waals surface area contributed by atoms with Crippen LogP contribution in [0.4, 0.5) is 20.4 Å². The van der Waals surface area contributed by atoms with Gasteiger partial charge < -0.3 is 29.8 Å². The lowest BCUT2D eigenvalue weighted by atomic mass is 10.0. The number of anilines is 2. The van der Waals surface area contributed by atoms with Gasteiger partial charge in [0.15, 0.2) is 50.6 Å². The number of halogens is 2. The van der Waals surface area contributed by atoms with Crippen LogP contribution in [0, 0.1) is 5.92 Å². The Morgan fingerprint density at radius 1 is 1.26 bits per heavy atom. The second-order valence-corrected chi connectivity index (χ2v) is 11.2. The molecule has 3 unspecified atom stereocenters. The number of thioether (sulfide) groups is 1. The van der Waals surface area contributed by atoms with Gasteiger partial charge in [0.1, 0.15) is 11.0 Å². The van der Waals surface area contributed by atoms with Crippen LogP contribution >= 0.6 is 43.2 Å². The Kier molecular flexibility index (Phi) is 10.1. The van der Waals surface area contributed by atoms with Crippen molar-refractivity contribution in [1.29, 1.82) is 0 Å². The van der Waals surface area contributed by atoms with Crippen molar-refractivity contribution in [3.05, 3.63) is 35.3 Å². The Morgan fingerprint density at radius 2 is 2.05 bits per heavy atom. The van der Waals surface area contributed by atoms with Crippen molar-refractivity contribution in [2.45, 2.75) is 36.3 Å². The summed E-state index contributed by atoms with van der Waals surface area (Å²) in [5.41, 5.74) is 11.1. The highest BCUT2D eigenvalue weighted by molar-refractivity contribution is 7.99. The molecule has 1 aliphatic heterocycles. The number of nitrogen functional groups attached to an aromatic ring is 2. The number of aromatic amines is 1. The summed E-state index contributed by atoms with van der Waals surface area (Å²) in [6.07, 6.45) is -0.707. The van der Waals surface area contributed by atoms with Crippen LogP contribution in [0.3, 0.4) is 0 Å². The number of hydrogen-bond donors (Lipinski definition) is 4. The largest absolute Gasteiger partial charge is 0.397 e. The third-order valence-electron chi connectivity index (χ3n) is 6.60. The van der Waals surface area contributed by atoms with Crippen LogP contribution in [-0.2, 0) is 22.5 Å². The molecule has 0 amide bonds. The van der Waals surface area contributed by atoms with E-state index in [1.54, 1.807) is 12.3 Å². The fraction of sp³-hybridized carbons (Fsp3) is 0.476. The molecule has 15 nitrogen and oxygen atoms in total. The Bertz CT molecular complexity index is 1580. The number of fused-ring (bicyclic) bond motifs is 2. The molecule has 1 aliphatic rings. The van der Waals surface area contributed by atoms with E-state index in [0.29, 0.717) is 16.9 Å². The molecule has 4 aromatic heterocycles.